The number of rotatable bonds is 3. The minimum Gasteiger partial charge on any atom is -0.456 e. The predicted molar refractivity (Wildman–Crippen MR) is 53.9 cm³/mol. The second-order valence-electron chi connectivity index (χ2n) is 3.77. The molecule has 1 aliphatic heterocycles. The number of aliphatic hydroxyl groups is 2. The van der Waals surface area contributed by atoms with E-state index in [1.807, 2.05) is 0 Å². The van der Waals surface area contributed by atoms with Crippen LogP contribution in [-0.2, 0) is 23.8 Å². The highest BCUT2D eigenvalue weighted by atomic mass is 16.6. The number of esters is 2. The summed E-state index contributed by atoms with van der Waals surface area (Å²) in [7, 11) is 0. The Labute approximate surface area is 98.3 Å². The Bertz CT molecular complexity index is 290. The maximum absolute atomic E-state index is 10.9. The van der Waals surface area contributed by atoms with Gasteiger partial charge in [-0.3, -0.25) is 9.59 Å². The first-order valence-electron chi connectivity index (χ1n) is 5.20. The molecule has 1 heterocycles. The molecule has 17 heavy (non-hydrogen) atoms. The lowest BCUT2D eigenvalue weighted by molar-refractivity contribution is -0.223. The molecule has 0 aromatic rings. The maximum atomic E-state index is 10.9. The zero-order valence-electron chi connectivity index (χ0n) is 9.66. The summed E-state index contributed by atoms with van der Waals surface area (Å²) < 4.78 is 14.9. The van der Waals surface area contributed by atoms with Crippen LogP contribution in [0.1, 0.15) is 13.8 Å². The number of carbonyl (C=O) groups is 2. The summed E-state index contributed by atoms with van der Waals surface area (Å²) in [5.74, 6) is -1.21. The number of ether oxygens (including phenoxy) is 3. The van der Waals surface area contributed by atoms with Gasteiger partial charge in [-0.15, -0.1) is 0 Å². The molecule has 0 spiro atoms. The first-order chi connectivity index (χ1) is 7.95. The van der Waals surface area contributed by atoms with Crippen molar-refractivity contribution in [2.75, 3.05) is 13.2 Å². The standard InChI is InChI=1S/C10H16O7/c1-5(12)16-9-7(14)4-15-8(3-11)10(9)17-6(2)13/h7-11,14H,3-4H2,1-2H3/t7-,8-,9-,10-/m1/s1. The predicted octanol–water partition coefficient (Wildman–Crippen LogP) is -1.40. The Morgan fingerprint density at radius 2 is 1.76 bits per heavy atom. The molecule has 0 unspecified atom stereocenters. The fraction of sp³-hybridized carbons (Fsp3) is 0.800. The maximum Gasteiger partial charge on any atom is 0.303 e. The van der Waals surface area contributed by atoms with Gasteiger partial charge in [-0.1, -0.05) is 0 Å². The van der Waals surface area contributed by atoms with Crippen LogP contribution in [0.15, 0.2) is 0 Å². The van der Waals surface area contributed by atoms with Crippen LogP contribution in [0.5, 0.6) is 0 Å². The Kier molecular flexibility index (Phi) is 4.86. The molecule has 1 fully saturated rings. The monoisotopic (exact) mass is 248 g/mol. The van der Waals surface area contributed by atoms with E-state index in [-0.39, 0.29) is 6.61 Å². The normalized spacial score (nSPS) is 32.9. The molecule has 0 aromatic carbocycles. The molecular weight excluding hydrogens is 232 g/mol. The molecule has 0 aromatic heterocycles. The van der Waals surface area contributed by atoms with Crippen LogP contribution in [0.2, 0.25) is 0 Å². The van der Waals surface area contributed by atoms with Gasteiger partial charge >= 0.3 is 11.9 Å². The van der Waals surface area contributed by atoms with Gasteiger partial charge in [0.1, 0.15) is 12.2 Å². The molecular formula is C10H16O7. The second-order valence-corrected chi connectivity index (χ2v) is 3.77. The number of carbonyl (C=O) groups excluding carboxylic acids is 2. The third kappa shape index (κ3) is 3.65. The smallest absolute Gasteiger partial charge is 0.303 e. The summed E-state index contributed by atoms with van der Waals surface area (Å²) in [6.07, 6.45) is -3.94. The van der Waals surface area contributed by atoms with Gasteiger partial charge in [0.15, 0.2) is 12.2 Å². The molecule has 1 rings (SSSR count). The summed E-state index contributed by atoms with van der Waals surface area (Å²) in [5, 5.41) is 18.7. The first kappa shape index (κ1) is 13.9. The topological polar surface area (TPSA) is 102 Å². The van der Waals surface area contributed by atoms with Gasteiger partial charge in [0.05, 0.1) is 13.2 Å². The molecule has 7 nitrogen and oxygen atoms in total. The average Bonchev–Trinajstić information content (AvgIpc) is 2.22. The molecule has 0 radical (unpaired) electrons. The van der Waals surface area contributed by atoms with Gasteiger partial charge in [0, 0.05) is 13.8 Å². The SMILES string of the molecule is CC(=O)O[C@H]1[C@H](OC(C)=O)[C@@H](CO)OC[C@H]1O. The lowest BCUT2D eigenvalue weighted by Gasteiger charge is -2.38. The van der Waals surface area contributed by atoms with Gasteiger partial charge in [0.2, 0.25) is 0 Å². The molecule has 0 aliphatic carbocycles. The Morgan fingerprint density at radius 1 is 1.24 bits per heavy atom. The zero-order chi connectivity index (χ0) is 13.0. The van der Waals surface area contributed by atoms with Crippen molar-refractivity contribution in [3.05, 3.63) is 0 Å². The van der Waals surface area contributed by atoms with E-state index in [4.69, 9.17) is 19.3 Å². The average molecular weight is 248 g/mol. The molecule has 0 bridgehead atoms. The number of aliphatic hydroxyl groups excluding tert-OH is 2. The summed E-state index contributed by atoms with van der Waals surface area (Å²) in [4.78, 5) is 21.8. The van der Waals surface area contributed by atoms with Crippen LogP contribution in [0.4, 0.5) is 0 Å². The van der Waals surface area contributed by atoms with Crippen LogP contribution in [0.3, 0.4) is 0 Å². The highest BCUT2D eigenvalue weighted by Crippen LogP contribution is 2.21. The van der Waals surface area contributed by atoms with Crippen LogP contribution >= 0.6 is 0 Å². The Hall–Kier alpha value is -1.18. The van der Waals surface area contributed by atoms with Gasteiger partial charge in [0.25, 0.3) is 0 Å². The lowest BCUT2D eigenvalue weighted by atomic mass is 10.00. The Balaban J connectivity index is 2.82. The van der Waals surface area contributed by atoms with E-state index >= 15 is 0 Å². The van der Waals surface area contributed by atoms with Crippen LogP contribution in [-0.4, -0.2) is 59.8 Å². The third-order valence-electron chi connectivity index (χ3n) is 2.33. The summed E-state index contributed by atoms with van der Waals surface area (Å²) in [6.45, 7) is 1.87. The summed E-state index contributed by atoms with van der Waals surface area (Å²) >= 11 is 0. The molecule has 1 saturated heterocycles. The van der Waals surface area contributed by atoms with Crippen molar-refractivity contribution in [1.82, 2.24) is 0 Å². The van der Waals surface area contributed by atoms with Crippen molar-refractivity contribution in [3.63, 3.8) is 0 Å². The van der Waals surface area contributed by atoms with Crippen molar-refractivity contribution in [2.45, 2.75) is 38.3 Å². The molecule has 4 atom stereocenters. The van der Waals surface area contributed by atoms with Crippen LogP contribution < -0.4 is 0 Å². The molecule has 1 aliphatic rings. The van der Waals surface area contributed by atoms with E-state index in [1.54, 1.807) is 0 Å². The van der Waals surface area contributed by atoms with Gasteiger partial charge in [-0.25, -0.2) is 0 Å². The van der Waals surface area contributed by atoms with Crippen molar-refractivity contribution < 1.29 is 34.0 Å². The molecule has 0 amide bonds. The first-order valence-corrected chi connectivity index (χ1v) is 5.20. The molecule has 2 N–H and O–H groups in total. The fourth-order valence-electron chi connectivity index (χ4n) is 1.67. The van der Waals surface area contributed by atoms with Gasteiger partial charge in [-0.05, 0) is 0 Å². The van der Waals surface area contributed by atoms with Gasteiger partial charge < -0.3 is 24.4 Å². The quantitative estimate of drug-likeness (QED) is 0.592. The van der Waals surface area contributed by atoms with Crippen molar-refractivity contribution in [2.24, 2.45) is 0 Å². The van der Waals surface area contributed by atoms with Crippen LogP contribution in [0.25, 0.3) is 0 Å². The Morgan fingerprint density at radius 3 is 2.24 bits per heavy atom. The van der Waals surface area contributed by atoms with E-state index in [2.05, 4.69) is 0 Å². The van der Waals surface area contributed by atoms with E-state index in [0.717, 1.165) is 0 Å². The second kappa shape index (κ2) is 5.95. The summed E-state index contributed by atoms with van der Waals surface area (Å²) in [5.41, 5.74) is 0. The molecule has 7 heteroatoms. The van der Waals surface area contributed by atoms with Crippen LogP contribution in [0, 0.1) is 0 Å². The van der Waals surface area contributed by atoms with Crippen molar-refractivity contribution >= 4 is 11.9 Å². The van der Waals surface area contributed by atoms with E-state index in [1.165, 1.54) is 13.8 Å². The number of hydrogen-bond donors (Lipinski definition) is 2. The number of hydrogen-bond acceptors (Lipinski definition) is 7. The third-order valence-corrected chi connectivity index (χ3v) is 2.33. The largest absolute Gasteiger partial charge is 0.456 e. The molecule has 0 saturated carbocycles. The minimum absolute atomic E-state index is 0.0963. The minimum atomic E-state index is -1.09. The fourth-order valence-corrected chi connectivity index (χ4v) is 1.67. The van der Waals surface area contributed by atoms with Crippen molar-refractivity contribution in [1.29, 1.82) is 0 Å². The van der Waals surface area contributed by atoms with E-state index in [0.29, 0.717) is 0 Å². The van der Waals surface area contributed by atoms with E-state index in [9.17, 15) is 14.7 Å². The van der Waals surface area contributed by atoms with Gasteiger partial charge in [-0.2, -0.15) is 0 Å². The zero-order valence-corrected chi connectivity index (χ0v) is 9.66. The van der Waals surface area contributed by atoms with Crippen molar-refractivity contribution in [3.8, 4) is 0 Å². The van der Waals surface area contributed by atoms with E-state index < -0.39 is 43.0 Å². The highest BCUT2D eigenvalue weighted by Gasteiger charge is 2.44. The molecule has 98 valence electrons. The highest BCUT2D eigenvalue weighted by molar-refractivity contribution is 5.67. The lowest BCUT2D eigenvalue weighted by Crippen LogP contribution is -2.57. The summed E-state index contributed by atoms with van der Waals surface area (Å²) in [6, 6.07) is 0.